The number of amides is 1. The normalized spacial score (nSPS) is 17.6. The van der Waals surface area contributed by atoms with Gasteiger partial charge in [0.15, 0.2) is 0 Å². The van der Waals surface area contributed by atoms with Gasteiger partial charge < -0.3 is 4.74 Å². The van der Waals surface area contributed by atoms with E-state index in [-0.39, 0.29) is 12.3 Å². The standard InChI is InChI=1S/C18H20N2O4S/c1-14-6-5-7-15(10-14)13-25(22,23)19-11-17-12-20(18(21)24-17)16-8-3-2-4-9-16/h2-10,17,19H,11-13H2,1H3. The lowest BCUT2D eigenvalue weighted by atomic mass is 10.2. The van der Waals surface area contributed by atoms with Crippen LogP contribution in [0.15, 0.2) is 54.6 Å². The van der Waals surface area contributed by atoms with Gasteiger partial charge in [0.2, 0.25) is 10.0 Å². The van der Waals surface area contributed by atoms with Crippen LogP contribution in [0.3, 0.4) is 0 Å². The molecular weight excluding hydrogens is 340 g/mol. The van der Waals surface area contributed by atoms with Crippen LogP contribution in [0.1, 0.15) is 11.1 Å². The van der Waals surface area contributed by atoms with E-state index in [2.05, 4.69) is 4.72 Å². The highest BCUT2D eigenvalue weighted by Crippen LogP contribution is 2.21. The van der Waals surface area contributed by atoms with Crippen molar-refractivity contribution in [3.8, 4) is 0 Å². The van der Waals surface area contributed by atoms with E-state index >= 15 is 0 Å². The van der Waals surface area contributed by atoms with Crippen LogP contribution >= 0.6 is 0 Å². The third kappa shape index (κ3) is 4.58. The topological polar surface area (TPSA) is 75.7 Å². The molecule has 1 aliphatic heterocycles. The van der Waals surface area contributed by atoms with Crippen LogP contribution in [0.2, 0.25) is 0 Å². The fraction of sp³-hybridized carbons (Fsp3) is 0.278. The highest BCUT2D eigenvalue weighted by atomic mass is 32.2. The second-order valence-corrected chi connectivity index (χ2v) is 7.86. The number of sulfonamides is 1. The molecule has 1 amide bonds. The van der Waals surface area contributed by atoms with Gasteiger partial charge in [-0.25, -0.2) is 17.9 Å². The Kier molecular flexibility index (Phi) is 5.06. The van der Waals surface area contributed by atoms with Gasteiger partial charge in [0.1, 0.15) is 6.10 Å². The Morgan fingerprint density at radius 3 is 2.64 bits per heavy atom. The van der Waals surface area contributed by atoms with Crippen LogP contribution in [0.4, 0.5) is 10.5 Å². The molecule has 0 radical (unpaired) electrons. The van der Waals surface area contributed by atoms with E-state index in [1.807, 2.05) is 55.5 Å². The van der Waals surface area contributed by atoms with E-state index in [1.165, 1.54) is 4.90 Å². The molecule has 0 spiro atoms. The average Bonchev–Trinajstić information content (AvgIpc) is 2.95. The number of carbonyl (C=O) groups excluding carboxylic acids is 1. The summed E-state index contributed by atoms with van der Waals surface area (Å²) in [5.74, 6) is -0.0995. The molecule has 0 aromatic heterocycles. The number of ether oxygens (including phenoxy) is 1. The van der Waals surface area contributed by atoms with Crippen molar-refractivity contribution < 1.29 is 17.9 Å². The van der Waals surface area contributed by atoms with Crippen molar-refractivity contribution in [3.05, 3.63) is 65.7 Å². The molecule has 3 rings (SSSR count). The fourth-order valence-corrected chi connectivity index (χ4v) is 3.90. The molecule has 1 saturated heterocycles. The summed E-state index contributed by atoms with van der Waals surface area (Å²) >= 11 is 0. The number of para-hydroxylation sites is 1. The van der Waals surface area contributed by atoms with Crippen molar-refractivity contribution in [2.45, 2.75) is 18.8 Å². The van der Waals surface area contributed by atoms with Gasteiger partial charge in [-0.15, -0.1) is 0 Å². The summed E-state index contributed by atoms with van der Waals surface area (Å²) < 4.78 is 32.3. The zero-order valence-electron chi connectivity index (χ0n) is 13.9. The van der Waals surface area contributed by atoms with Gasteiger partial charge in [-0.2, -0.15) is 0 Å². The van der Waals surface area contributed by atoms with Gasteiger partial charge in [-0.3, -0.25) is 4.90 Å². The highest BCUT2D eigenvalue weighted by Gasteiger charge is 2.32. The smallest absolute Gasteiger partial charge is 0.414 e. The summed E-state index contributed by atoms with van der Waals surface area (Å²) in [7, 11) is -3.50. The third-order valence-electron chi connectivity index (χ3n) is 3.91. The van der Waals surface area contributed by atoms with E-state index in [9.17, 15) is 13.2 Å². The molecule has 1 heterocycles. The molecule has 1 unspecified atom stereocenters. The number of anilines is 1. The number of carbonyl (C=O) groups is 1. The monoisotopic (exact) mass is 360 g/mol. The largest absolute Gasteiger partial charge is 0.443 e. The average molecular weight is 360 g/mol. The quantitative estimate of drug-likeness (QED) is 0.858. The lowest BCUT2D eigenvalue weighted by molar-refractivity contribution is 0.143. The molecule has 0 saturated carbocycles. The molecule has 7 heteroatoms. The van der Waals surface area contributed by atoms with Crippen LogP contribution in [0.25, 0.3) is 0 Å². The predicted molar refractivity (Wildman–Crippen MR) is 95.9 cm³/mol. The van der Waals surface area contributed by atoms with Crippen molar-refractivity contribution in [2.24, 2.45) is 0 Å². The predicted octanol–water partition coefficient (Wildman–Crippen LogP) is 2.44. The minimum Gasteiger partial charge on any atom is -0.443 e. The van der Waals surface area contributed by atoms with E-state index < -0.39 is 22.2 Å². The Balaban J connectivity index is 1.57. The Bertz CT molecular complexity index is 852. The van der Waals surface area contributed by atoms with Crippen molar-refractivity contribution in [2.75, 3.05) is 18.0 Å². The number of nitrogens with one attached hydrogen (secondary N) is 1. The molecule has 2 aromatic carbocycles. The van der Waals surface area contributed by atoms with Crippen molar-refractivity contribution in [1.82, 2.24) is 4.72 Å². The Hall–Kier alpha value is -2.38. The first kappa shape index (κ1) is 17.4. The Morgan fingerprint density at radius 1 is 1.16 bits per heavy atom. The highest BCUT2D eigenvalue weighted by molar-refractivity contribution is 7.88. The molecular formula is C18H20N2O4S. The zero-order valence-corrected chi connectivity index (χ0v) is 14.7. The van der Waals surface area contributed by atoms with Gasteiger partial charge in [0.25, 0.3) is 0 Å². The van der Waals surface area contributed by atoms with E-state index in [0.29, 0.717) is 6.54 Å². The van der Waals surface area contributed by atoms with Gasteiger partial charge in [0, 0.05) is 12.2 Å². The summed E-state index contributed by atoms with van der Waals surface area (Å²) in [4.78, 5) is 13.5. The zero-order chi connectivity index (χ0) is 17.9. The van der Waals surface area contributed by atoms with Crippen molar-refractivity contribution >= 4 is 21.8 Å². The summed E-state index contributed by atoms with van der Waals surface area (Å²) in [6.07, 6.45) is -0.978. The van der Waals surface area contributed by atoms with E-state index in [1.54, 1.807) is 6.07 Å². The van der Waals surface area contributed by atoms with Gasteiger partial charge in [0.05, 0.1) is 12.3 Å². The summed E-state index contributed by atoms with van der Waals surface area (Å²) in [5.41, 5.74) is 2.47. The first-order chi connectivity index (χ1) is 11.9. The lowest BCUT2D eigenvalue weighted by Gasteiger charge is -2.13. The number of aryl methyl sites for hydroxylation is 1. The SMILES string of the molecule is Cc1cccc(CS(=O)(=O)NCC2CN(c3ccccc3)C(=O)O2)c1. The van der Waals surface area contributed by atoms with Crippen LogP contribution in [0.5, 0.6) is 0 Å². The number of nitrogens with zero attached hydrogens (tertiary/aromatic N) is 1. The number of hydrogen-bond acceptors (Lipinski definition) is 4. The fourth-order valence-electron chi connectivity index (χ4n) is 2.74. The summed E-state index contributed by atoms with van der Waals surface area (Å²) in [6, 6.07) is 16.5. The molecule has 2 aromatic rings. The molecule has 1 fully saturated rings. The van der Waals surface area contributed by atoms with Gasteiger partial charge >= 0.3 is 6.09 Å². The number of benzene rings is 2. The molecule has 1 N–H and O–H groups in total. The molecule has 25 heavy (non-hydrogen) atoms. The van der Waals surface area contributed by atoms with E-state index in [4.69, 9.17) is 4.74 Å². The van der Waals surface area contributed by atoms with Crippen LogP contribution in [0, 0.1) is 6.92 Å². The first-order valence-electron chi connectivity index (χ1n) is 7.99. The summed E-state index contributed by atoms with van der Waals surface area (Å²) in [5, 5.41) is 0. The third-order valence-corrected chi connectivity index (χ3v) is 5.23. The molecule has 6 nitrogen and oxygen atoms in total. The molecule has 132 valence electrons. The maximum atomic E-state index is 12.2. The number of rotatable bonds is 6. The number of hydrogen-bond donors (Lipinski definition) is 1. The molecule has 0 aliphatic carbocycles. The van der Waals surface area contributed by atoms with Crippen LogP contribution < -0.4 is 9.62 Å². The minimum atomic E-state index is -3.50. The van der Waals surface area contributed by atoms with Gasteiger partial charge in [-0.05, 0) is 24.6 Å². The van der Waals surface area contributed by atoms with Crippen LogP contribution in [-0.2, 0) is 20.5 Å². The molecule has 1 aliphatic rings. The second-order valence-electron chi connectivity index (χ2n) is 6.05. The maximum absolute atomic E-state index is 12.2. The summed E-state index contributed by atoms with van der Waals surface area (Å²) in [6.45, 7) is 2.29. The Morgan fingerprint density at radius 2 is 1.92 bits per heavy atom. The van der Waals surface area contributed by atoms with Gasteiger partial charge in [-0.1, -0.05) is 48.0 Å². The minimum absolute atomic E-state index is 0.0588. The van der Waals surface area contributed by atoms with Crippen molar-refractivity contribution in [3.63, 3.8) is 0 Å². The maximum Gasteiger partial charge on any atom is 0.414 e. The molecule has 0 bridgehead atoms. The van der Waals surface area contributed by atoms with Crippen LogP contribution in [-0.4, -0.2) is 33.7 Å². The molecule has 1 atom stereocenters. The number of cyclic esters (lactones) is 1. The Labute approximate surface area is 147 Å². The first-order valence-corrected chi connectivity index (χ1v) is 9.64. The van der Waals surface area contributed by atoms with E-state index in [0.717, 1.165) is 16.8 Å². The van der Waals surface area contributed by atoms with Crippen molar-refractivity contribution in [1.29, 1.82) is 0 Å². The second kappa shape index (κ2) is 7.25. The lowest BCUT2D eigenvalue weighted by Crippen LogP contribution is -2.35.